The normalized spacial score (nSPS) is 12.9. The van der Waals surface area contributed by atoms with Gasteiger partial charge in [-0.15, -0.1) is 5.10 Å². The fourth-order valence-electron chi connectivity index (χ4n) is 2.60. The van der Waals surface area contributed by atoms with Gasteiger partial charge in [-0.3, -0.25) is 9.59 Å². The Balaban J connectivity index is 1.52. The number of benzene rings is 2. The van der Waals surface area contributed by atoms with Crippen LogP contribution in [0.3, 0.4) is 0 Å². The van der Waals surface area contributed by atoms with E-state index in [9.17, 15) is 14.4 Å². The van der Waals surface area contributed by atoms with Crippen LogP contribution in [-0.4, -0.2) is 45.0 Å². The van der Waals surface area contributed by atoms with Gasteiger partial charge in [0.05, 0.1) is 30.1 Å². The van der Waals surface area contributed by atoms with Crippen LogP contribution in [0.15, 0.2) is 54.7 Å². The highest BCUT2D eigenvalue weighted by Gasteiger charge is 2.39. The Morgan fingerprint density at radius 2 is 1.59 bits per heavy atom. The van der Waals surface area contributed by atoms with E-state index in [2.05, 4.69) is 10.3 Å². The van der Waals surface area contributed by atoms with E-state index in [0.29, 0.717) is 16.5 Å². The first kappa shape index (κ1) is 16.5. The van der Waals surface area contributed by atoms with Crippen LogP contribution in [0, 0.1) is 0 Å². The molecule has 0 unspecified atom stereocenters. The van der Waals surface area contributed by atoms with E-state index < -0.39 is 17.8 Å². The lowest BCUT2D eigenvalue weighted by Crippen LogP contribution is -2.32. The van der Waals surface area contributed by atoms with Crippen molar-refractivity contribution in [3.8, 4) is 11.4 Å². The molecule has 0 bridgehead atoms. The maximum atomic E-state index is 12.3. The molecule has 2 amide bonds. The van der Waals surface area contributed by atoms with Gasteiger partial charge in [-0.1, -0.05) is 22.4 Å². The number of rotatable bonds is 4. The molecule has 0 saturated heterocycles. The average molecular weight is 364 g/mol. The first-order valence-corrected chi connectivity index (χ1v) is 7.85. The molecule has 9 heteroatoms. The molecule has 0 radical (unpaired) electrons. The van der Waals surface area contributed by atoms with Crippen LogP contribution >= 0.6 is 0 Å². The van der Waals surface area contributed by atoms with Gasteiger partial charge >= 0.3 is 5.97 Å². The first-order chi connectivity index (χ1) is 13.1. The average Bonchev–Trinajstić information content (AvgIpc) is 3.29. The molecule has 0 N–H and O–H groups in total. The van der Waals surface area contributed by atoms with E-state index in [1.54, 1.807) is 43.5 Å². The molecule has 1 aliphatic rings. The summed E-state index contributed by atoms with van der Waals surface area (Å²) in [5.74, 6) is -1.70. The molecule has 3 aromatic rings. The van der Waals surface area contributed by atoms with Crippen molar-refractivity contribution in [3.63, 3.8) is 0 Å². The molecule has 1 aromatic heterocycles. The summed E-state index contributed by atoms with van der Waals surface area (Å²) in [4.78, 5) is 41.7. The van der Waals surface area contributed by atoms with Crippen molar-refractivity contribution in [1.29, 1.82) is 0 Å². The maximum absolute atomic E-state index is 12.3. The second-order valence-corrected chi connectivity index (χ2v) is 5.58. The highest BCUT2D eigenvalue weighted by molar-refractivity contribution is 6.21. The molecule has 134 valence electrons. The van der Waals surface area contributed by atoms with E-state index in [0.717, 1.165) is 0 Å². The number of hydrogen-bond donors (Lipinski definition) is 0. The van der Waals surface area contributed by atoms with Crippen molar-refractivity contribution >= 4 is 17.8 Å². The smallest absolute Gasteiger partial charge is 0.385 e. The summed E-state index contributed by atoms with van der Waals surface area (Å²) in [7, 11) is 1.55. The zero-order valence-corrected chi connectivity index (χ0v) is 14.0. The summed E-state index contributed by atoms with van der Waals surface area (Å²) >= 11 is 0. The molecule has 1 aliphatic heterocycles. The monoisotopic (exact) mass is 364 g/mol. The molecule has 0 fully saturated rings. The Kier molecular flexibility index (Phi) is 3.88. The maximum Gasteiger partial charge on any atom is 0.385 e. The zero-order chi connectivity index (χ0) is 19.0. The molecule has 2 heterocycles. The minimum absolute atomic E-state index is 0.151. The molecule has 2 aromatic carbocycles. The van der Waals surface area contributed by atoms with E-state index in [4.69, 9.17) is 9.57 Å². The lowest BCUT2D eigenvalue weighted by Gasteiger charge is -2.11. The van der Waals surface area contributed by atoms with Crippen LogP contribution in [0.25, 0.3) is 5.69 Å². The third-order valence-electron chi connectivity index (χ3n) is 3.97. The lowest BCUT2D eigenvalue weighted by molar-refractivity contribution is -0.0588. The molecule has 4 rings (SSSR count). The van der Waals surface area contributed by atoms with E-state index in [1.165, 1.54) is 23.0 Å². The van der Waals surface area contributed by atoms with Gasteiger partial charge < -0.3 is 9.57 Å². The van der Waals surface area contributed by atoms with Crippen molar-refractivity contribution in [3.05, 3.63) is 71.5 Å². The molecule has 0 saturated carbocycles. The molecule has 27 heavy (non-hydrogen) atoms. The summed E-state index contributed by atoms with van der Waals surface area (Å²) in [6.45, 7) is 0. The topological polar surface area (TPSA) is 104 Å². The van der Waals surface area contributed by atoms with Gasteiger partial charge in [0.25, 0.3) is 11.8 Å². The molecule has 0 spiro atoms. The predicted octanol–water partition coefficient (Wildman–Crippen LogP) is 1.64. The Labute approximate surface area is 152 Å². The van der Waals surface area contributed by atoms with Gasteiger partial charge in [0.2, 0.25) is 0 Å². The summed E-state index contributed by atoms with van der Waals surface area (Å²) in [5.41, 5.74) is 0.847. The summed E-state index contributed by atoms with van der Waals surface area (Å²) < 4.78 is 6.44. The number of methoxy groups -OCH3 is 1. The van der Waals surface area contributed by atoms with Crippen molar-refractivity contribution in [2.24, 2.45) is 0 Å². The number of imide groups is 1. The van der Waals surface area contributed by atoms with Crippen molar-refractivity contribution < 1.29 is 24.0 Å². The van der Waals surface area contributed by atoms with Gasteiger partial charge in [0, 0.05) is 0 Å². The van der Waals surface area contributed by atoms with Crippen LogP contribution in [0.5, 0.6) is 5.75 Å². The number of amides is 2. The number of carbonyl (C=O) groups excluding carboxylic acids is 3. The van der Waals surface area contributed by atoms with Crippen LogP contribution in [0.1, 0.15) is 31.2 Å². The second kappa shape index (κ2) is 6.37. The standard InChI is InChI=1S/C18H12N4O5/c1-26-12-8-6-11(7-9-12)21-10-15(19-20-21)18(25)27-22-16(23)13-4-2-3-5-14(13)17(22)24/h2-10H,1H3. The van der Waals surface area contributed by atoms with E-state index in [1.807, 2.05) is 0 Å². The summed E-state index contributed by atoms with van der Waals surface area (Å²) in [6, 6.07) is 13.1. The minimum atomic E-state index is -0.968. The molecule has 9 nitrogen and oxygen atoms in total. The fraction of sp³-hybridized carbons (Fsp3) is 0.0556. The molecular weight excluding hydrogens is 352 g/mol. The third kappa shape index (κ3) is 2.80. The zero-order valence-electron chi connectivity index (χ0n) is 14.0. The molecule has 0 atom stereocenters. The lowest BCUT2D eigenvalue weighted by atomic mass is 10.1. The summed E-state index contributed by atoms with van der Waals surface area (Å²) in [6.07, 6.45) is 1.34. The second-order valence-electron chi connectivity index (χ2n) is 5.58. The van der Waals surface area contributed by atoms with Crippen LogP contribution in [-0.2, 0) is 4.84 Å². The number of aromatic nitrogens is 3. The van der Waals surface area contributed by atoms with Crippen molar-refractivity contribution in [2.45, 2.75) is 0 Å². The number of carbonyl (C=O) groups is 3. The number of hydroxylamine groups is 2. The Morgan fingerprint density at radius 1 is 0.963 bits per heavy atom. The van der Waals surface area contributed by atoms with Gasteiger partial charge in [-0.2, -0.15) is 0 Å². The highest BCUT2D eigenvalue weighted by Crippen LogP contribution is 2.23. The predicted molar refractivity (Wildman–Crippen MR) is 90.3 cm³/mol. The van der Waals surface area contributed by atoms with Crippen LogP contribution < -0.4 is 4.74 Å². The van der Waals surface area contributed by atoms with Gasteiger partial charge in [-0.25, -0.2) is 9.48 Å². The minimum Gasteiger partial charge on any atom is -0.497 e. The number of hydrogen-bond acceptors (Lipinski definition) is 7. The van der Waals surface area contributed by atoms with Gasteiger partial charge in [0.15, 0.2) is 5.69 Å². The van der Waals surface area contributed by atoms with Crippen LogP contribution in [0.2, 0.25) is 0 Å². The van der Waals surface area contributed by atoms with E-state index >= 15 is 0 Å². The van der Waals surface area contributed by atoms with Gasteiger partial charge in [0.1, 0.15) is 5.75 Å². The number of nitrogens with zero attached hydrogens (tertiary/aromatic N) is 4. The highest BCUT2D eigenvalue weighted by atomic mass is 16.7. The molecule has 0 aliphatic carbocycles. The van der Waals surface area contributed by atoms with E-state index in [-0.39, 0.29) is 16.8 Å². The quantitative estimate of drug-likeness (QED) is 0.648. The third-order valence-corrected chi connectivity index (χ3v) is 3.97. The molecular formula is C18H12N4O5. The van der Waals surface area contributed by atoms with Crippen molar-refractivity contribution in [2.75, 3.05) is 7.11 Å². The number of ether oxygens (including phenoxy) is 1. The first-order valence-electron chi connectivity index (χ1n) is 7.85. The number of fused-ring (bicyclic) bond motifs is 1. The SMILES string of the molecule is COc1ccc(-n2cc(C(=O)ON3C(=O)c4ccccc4C3=O)nn2)cc1. The fourth-order valence-corrected chi connectivity index (χ4v) is 2.60. The Bertz CT molecular complexity index is 1020. The Hall–Kier alpha value is -4.01. The van der Waals surface area contributed by atoms with Gasteiger partial charge in [-0.05, 0) is 36.4 Å². The largest absolute Gasteiger partial charge is 0.497 e. The van der Waals surface area contributed by atoms with Crippen molar-refractivity contribution in [1.82, 2.24) is 20.1 Å². The van der Waals surface area contributed by atoms with Crippen LogP contribution in [0.4, 0.5) is 0 Å². The summed E-state index contributed by atoms with van der Waals surface area (Å²) in [5, 5.41) is 8.02. The Morgan fingerprint density at radius 3 is 2.19 bits per heavy atom.